The Morgan fingerprint density at radius 3 is 2.47 bits per heavy atom. The van der Waals surface area contributed by atoms with Crippen molar-refractivity contribution in [3.05, 3.63) is 30.3 Å². The molecule has 0 saturated carbocycles. The van der Waals surface area contributed by atoms with E-state index in [-0.39, 0.29) is 12.5 Å². The zero-order chi connectivity index (χ0) is 14.1. The Morgan fingerprint density at radius 1 is 1.21 bits per heavy atom. The molecule has 0 aliphatic heterocycles. The summed E-state index contributed by atoms with van der Waals surface area (Å²) in [6.07, 6.45) is -0.0966. The van der Waals surface area contributed by atoms with Crippen molar-refractivity contribution in [3.8, 4) is 5.75 Å². The molecule has 1 atom stereocenters. The third kappa shape index (κ3) is 5.42. The second-order valence-electron chi connectivity index (χ2n) is 3.85. The van der Waals surface area contributed by atoms with Crippen LogP contribution in [0.1, 0.15) is 20.3 Å². The number of esters is 1. The van der Waals surface area contributed by atoms with Crippen LogP contribution in [0.4, 0.5) is 0 Å². The summed E-state index contributed by atoms with van der Waals surface area (Å²) in [5.41, 5.74) is 0. The first-order valence-corrected chi connectivity index (χ1v) is 6.32. The lowest BCUT2D eigenvalue weighted by Gasteiger charge is -2.16. The number of hydrogen-bond acceptors (Lipinski definition) is 4. The summed E-state index contributed by atoms with van der Waals surface area (Å²) < 4.78 is 10.3. The summed E-state index contributed by atoms with van der Waals surface area (Å²) in [6, 6.07) is 9.09. The van der Waals surface area contributed by atoms with Crippen LogP contribution in [-0.2, 0) is 14.3 Å². The Hall–Kier alpha value is -2.04. The summed E-state index contributed by atoms with van der Waals surface area (Å²) in [7, 11) is 0. The average molecular weight is 265 g/mol. The van der Waals surface area contributed by atoms with Crippen LogP contribution in [0.3, 0.4) is 0 Å². The van der Waals surface area contributed by atoms with Gasteiger partial charge in [0.05, 0.1) is 6.61 Å². The number of hydrogen-bond donors (Lipinski definition) is 1. The van der Waals surface area contributed by atoms with Crippen LogP contribution in [-0.4, -0.2) is 31.1 Å². The van der Waals surface area contributed by atoms with Crippen LogP contribution < -0.4 is 10.1 Å². The van der Waals surface area contributed by atoms with E-state index in [0.717, 1.165) is 0 Å². The standard InChI is InChI=1S/C14H19NO4/c1-3-12(19-11-8-6-5-7-9-11)14(17)15-10-13(16)18-4-2/h5-9,12H,3-4,10H2,1-2H3,(H,15,17). The molecule has 5 nitrogen and oxygen atoms in total. The van der Waals surface area contributed by atoms with Crippen molar-refractivity contribution < 1.29 is 19.1 Å². The molecule has 104 valence electrons. The molecule has 0 spiro atoms. The molecule has 19 heavy (non-hydrogen) atoms. The molecule has 0 heterocycles. The lowest BCUT2D eigenvalue weighted by atomic mass is 10.2. The van der Waals surface area contributed by atoms with Crippen LogP contribution in [0.25, 0.3) is 0 Å². The smallest absolute Gasteiger partial charge is 0.325 e. The van der Waals surface area contributed by atoms with E-state index in [9.17, 15) is 9.59 Å². The lowest BCUT2D eigenvalue weighted by molar-refractivity contribution is -0.144. The quantitative estimate of drug-likeness (QED) is 0.759. The number of ether oxygens (including phenoxy) is 2. The third-order valence-corrected chi connectivity index (χ3v) is 2.40. The van der Waals surface area contributed by atoms with Crippen LogP contribution in [0, 0.1) is 0 Å². The molecule has 1 amide bonds. The molecule has 1 unspecified atom stereocenters. The molecule has 5 heteroatoms. The zero-order valence-corrected chi connectivity index (χ0v) is 11.2. The van der Waals surface area contributed by atoms with Crippen molar-refractivity contribution in [2.75, 3.05) is 13.2 Å². The molecular formula is C14H19NO4. The maximum Gasteiger partial charge on any atom is 0.325 e. The van der Waals surface area contributed by atoms with Gasteiger partial charge in [0.25, 0.3) is 5.91 Å². The van der Waals surface area contributed by atoms with E-state index in [4.69, 9.17) is 9.47 Å². The van der Waals surface area contributed by atoms with Gasteiger partial charge in [-0.15, -0.1) is 0 Å². The second-order valence-corrected chi connectivity index (χ2v) is 3.85. The van der Waals surface area contributed by atoms with Gasteiger partial charge in [0, 0.05) is 0 Å². The molecule has 1 N–H and O–H groups in total. The number of para-hydroxylation sites is 1. The Balaban J connectivity index is 2.46. The molecule has 0 bridgehead atoms. The fraction of sp³-hybridized carbons (Fsp3) is 0.429. The first kappa shape index (κ1) is 15.0. The van der Waals surface area contributed by atoms with E-state index in [0.29, 0.717) is 18.8 Å². The minimum Gasteiger partial charge on any atom is -0.481 e. The molecule has 0 fully saturated rings. The van der Waals surface area contributed by atoms with E-state index < -0.39 is 12.1 Å². The van der Waals surface area contributed by atoms with Crippen LogP contribution in [0.5, 0.6) is 5.75 Å². The van der Waals surface area contributed by atoms with Gasteiger partial charge in [0.1, 0.15) is 12.3 Å². The molecule has 1 aromatic rings. The fourth-order valence-corrected chi connectivity index (χ4v) is 1.47. The van der Waals surface area contributed by atoms with Crippen molar-refractivity contribution in [1.82, 2.24) is 5.32 Å². The van der Waals surface area contributed by atoms with Crippen molar-refractivity contribution >= 4 is 11.9 Å². The summed E-state index contributed by atoms with van der Waals surface area (Å²) >= 11 is 0. The maximum absolute atomic E-state index is 11.8. The fourth-order valence-electron chi connectivity index (χ4n) is 1.47. The summed E-state index contributed by atoms with van der Waals surface area (Å²) in [5, 5.41) is 2.50. The normalized spacial score (nSPS) is 11.5. The largest absolute Gasteiger partial charge is 0.481 e. The topological polar surface area (TPSA) is 64.6 Å². The molecule has 0 radical (unpaired) electrons. The molecule has 0 aromatic heterocycles. The van der Waals surface area contributed by atoms with Crippen LogP contribution in [0.15, 0.2) is 30.3 Å². The maximum atomic E-state index is 11.8. The molecular weight excluding hydrogens is 246 g/mol. The monoisotopic (exact) mass is 265 g/mol. The molecule has 1 aromatic carbocycles. The van der Waals surface area contributed by atoms with Crippen LogP contribution >= 0.6 is 0 Å². The van der Waals surface area contributed by atoms with Gasteiger partial charge in [-0.3, -0.25) is 9.59 Å². The SMILES string of the molecule is CCOC(=O)CNC(=O)C(CC)Oc1ccccc1. The van der Waals surface area contributed by atoms with Gasteiger partial charge in [0.15, 0.2) is 6.10 Å². The first-order chi connectivity index (χ1) is 9.17. The first-order valence-electron chi connectivity index (χ1n) is 6.32. The lowest BCUT2D eigenvalue weighted by Crippen LogP contribution is -2.40. The number of amides is 1. The summed E-state index contributed by atoms with van der Waals surface area (Å²) in [6.45, 7) is 3.72. The van der Waals surface area contributed by atoms with E-state index in [1.807, 2.05) is 25.1 Å². The highest BCUT2D eigenvalue weighted by atomic mass is 16.5. The minimum absolute atomic E-state index is 0.138. The number of carbonyl (C=O) groups is 2. The van der Waals surface area contributed by atoms with Crippen molar-refractivity contribution in [1.29, 1.82) is 0 Å². The van der Waals surface area contributed by atoms with Gasteiger partial charge in [0.2, 0.25) is 0 Å². The van der Waals surface area contributed by atoms with Gasteiger partial charge >= 0.3 is 5.97 Å². The summed E-state index contributed by atoms with van der Waals surface area (Å²) in [5.74, 6) is -0.148. The van der Waals surface area contributed by atoms with Gasteiger partial charge in [-0.2, -0.15) is 0 Å². The highest BCUT2D eigenvalue weighted by Gasteiger charge is 2.18. The Labute approximate surface area is 112 Å². The van der Waals surface area contributed by atoms with Crippen LogP contribution in [0.2, 0.25) is 0 Å². The molecule has 0 aliphatic rings. The summed E-state index contributed by atoms with van der Waals surface area (Å²) in [4.78, 5) is 23.0. The predicted octanol–water partition coefficient (Wildman–Crippen LogP) is 1.52. The van der Waals surface area contributed by atoms with Gasteiger partial charge in [-0.05, 0) is 25.5 Å². The molecule has 1 rings (SSSR count). The van der Waals surface area contributed by atoms with E-state index in [1.165, 1.54) is 0 Å². The second kappa shape index (κ2) is 8.13. The molecule has 0 aliphatic carbocycles. The highest BCUT2D eigenvalue weighted by Crippen LogP contribution is 2.12. The highest BCUT2D eigenvalue weighted by molar-refractivity contribution is 5.85. The number of nitrogens with one attached hydrogen (secondary N) is 1. The Morgan fingerprint density at radius 2 is 1.89 bits per heavy atom. The number of carbonyl (C=O) groups excluding carboxylic acids is 2. The Kier molecular flexibility index (Phi) is 6.43. The molecule has 0 saturated heterocycles. The van der Waals surface area contributed by atoms with Crippen molar-refractivity contribution in [3.63, 3.8) is 0 Å². The van der Waals surface area contributed by atoms with Gasteiger partial charge in [-0.25, -0.2) is 0 Å². The predicted molar refractivity (Wildman–Crippen MR) is 70.8 cm³/mol. The zero-order valence-electron chi connectivity index (χ0n) is 11.2. The number of rotatable bonds is 7. The third-order valence-electron chi connectivity index (χ3n) is 2.40. The van der Waals surface area contributed by atoms with Gasteiger partial charge < -0.3 is 14.8 Å². The average Bonchev–Trinajstić information content (AvgIpc) is 2.43. The van der Waals surface area contributed by atoms with E-state index >= 15 is 0 Å². The van der Waals surface area contributed by atoms with E-state index in [2.05, 4.69) is 5.32 Å². The van der Waals surface area contributed by atoms with Crippen molar-refractivity contribution in [2.24, 2.45) is 0 Å². The van der Waals surface area contributed by atoms with Crippen molar-refractivity contribution in [2.45, 2.75) is 26.4 Å². The number of benzene rings is 1. The van der Waals surface area contributed by atoms with Gasteiger partial charge in [-0.1, -0.05) is 25.1 Å². The minimum atomic E-state index is -0.614. The Bertz CT molecular complexity index is 405. The van der Waals surface area contributed by atoms with E-state index in [1.54, 1.807) is 19.1 Å².